The molecule has 26 heavy (non-hydrogen) atoms. The number of ketones is 1. The molecule has 2 aromatic carbocycles. The fourth-order valence-electron chi connectivity index (χ4n) is 4.32. The number of allylic oxidation sites excluding steroid dienone is 1. The Balaban J connectivity index is 1.85. The second kappa shape index (κ2) is 6.68. The Hall–Kier alpha value is -2.48. The smallest absolute Gasteiger partial charge is 0.195 e. The van der Waals surface area contributed by atoms with E-state index in [1.165, 1.54) is 30.4 Å². The molecule has 2 aliphatic rings. The van der Waals surface area contributed by atoms with Gasteiger partial charge in [-0.05, 0) is 32.3 Å². The standard InChI is InChI=1S/C24H25NO/c1-17-11-13-19(14-12-17)22-21(23(26)20-9-5-3-6-10-20)18(2)24(25-22)15-7-4-8-16-24/h3,5-6,9-14H,4,7-8,15-16H2,1-2H3. The van der Waals surface area contributed by atoms with Crippen LogP contribution in [0.3, 0.4) is 0 Å². The summed E-state index contributed by atoms with van der Waals surface area (Å²) in [5.74, 6) is 0.102. The molecule has 1 saturated carbocycles. The molecule has 0 saturated heterocycles. The molecule has 4 rings (SSSR count). The summed E-state index contributed by atoms with van der Waals surface area (Å²) in [5, 5.41) is 0. The molecule has 0 bridgehead atoms. The Morgan fingerprint density at radius 1 is 0.885 bits per heavy atom. The van der Waals surface area contributed by atoms with Gasteiger partial charge in [0.1, 0.15) is 0 Å². The quantitative estimate of drug-likeness (QED) is 0.657. The van der Waals surface area contributed by atoms with Gasteiger partial charge in [-0.1, -0.05) is 79.4 Å². The van der Waals surface area contributed by atoms with Gasteiger partial charge < -0.3 is 0 Å². The van der Waals surface area contributed by atoms with Gasteiger partial charge in [0, 0.05) is 16.7 Å². The molecule has 0 unspecified atom stereocenters. The molecule has 0 radical (unpaired) electrons. The van der Waals surface area contributed by atoms with Crippen LogP contribution in [0.5, 0.6) is 0 Å². The number of hydrogen-bond acceptors (Lipinski definition) is 2. The van der Waals surface area contributed by atoms with E-state index in [2.05, 4.69) is 38.1 Å². The molecule has 1 aliphatic carbocycles. The van der Waals surface area contributed by atoms with Crippen LogP contribution in [0.15, 0.2) is 70.7 Å². The highest BCUT2D eigenvalue weighted by atomic mass is 16.1. The average Bonchev–Trinajstić information content (AvgIpc) is 2.95. The van der Waals surface area contributed by atoms with E-state index in [4.69, 9.17) is 4.99 Å². The Morgan fingerprint density at radius 2 is 1.54 bits per heavy atom. The Morgan fingerprint density at radius 3 is 2.19 bits per heavy atom. The predicted octanol–water partition coefficient (Wildman–Crippen LogP) is 5.70. The molecular weight excluding hydrogens is 318 g/mol. The molecule has 0 amide bonds. The van der Waals surface area contributed by atoms with Crippen molar-refractivity contribution in [2.75, 3.05) is 0 Å². The first-order valence-corrected chi connectivity index (χ1v) is 9.59. The van der Waals surface area contributed by atoms with Crippen LogP contribution in [0.1, 0.15) is 60.5 Å². The van der Waals surface area contributed by atoms with Crippen molar-refractivity contribution in [3.05, 3.63) is 82.4 Å². The highest BCUT2D eigenvalue weighted by Crippen LogP contribution is 2.44. The molecule has 2 heteroatoms. The largest absolute Gasteiger partial charge is 0.289 e. The molecule has 0 N–H and O–H groups in total. The number of benzene rings is 2. The fraction of sp³-hybridized carbons (Fsp3) is 0.333. The average molecular weight is 343 g/mol. The van der Waals surface area contributed by atoms with Crippen molar-refractivity contribution in [3.63, 3.8) is 0 Å². The zero-order chi connectivity index (χ0) is 18.1. The normalized spacial score (nSPS) is 18.9. The van der Waals surface area contributed by atoms with Crippen LogP contribution < -0.4 is 0 Å². The molecule has 1 aliphatic heterocycles. The minimum atomic E-state index is -0.168. The Labute approximate surface area is 155 Å². The summed E-state index contributed by atoms with van der Waals surface area (Å²) < 4.78 is 0. The third kappa shape index (κ3) is 2.84. The van der Waals surface area contributed by atoms with E-state index in [1.807, 2.05) is 30.3 Å². The molecule has 2 aromatic rings. The number of Topliss-reactive ketones (excluding diaryl/α,β-unsaturated/α-hetero) is 1. The Bertz CT molecular complexity index is 882. The highest BCUT2D eigenvalue weighted by molar-refractivity contribution is 6.34. The molecule has 1 spiro atoms. The number of aryl methyl sites for hydroxylation is 1. The maximum absolute atomic E-state index is 13.4. The van der Waals surface area contributed by atoms with Crippen LogP contribution in [0.2, 0.25) is 0 Å². The summed E-state index contributed by atoms with van der Waals surface area (Å²) in [7, 11) is 0. The van der Waals surface area contributed by atoms with Gasteiger partial charge in [-0.2, -0.15) is 0 Å². The molecule has 2 nitrogen and oxygen atoms in total. The minimum Gasteiger partial charge on any atom is -0.289 e. The van der Waals surface area contributed by atoms with Crippen LogP contribution in [-0.4, -0.2) is 17.0 Å². The van der Waals surface area contributed by atoms with Gasteiger partial charge >= 0.3 is 0 Å². The van der Waals surface area contributed by atoms with Gasteiger partial charge in [0.15, 0.2) is 5.78 Å². The molecule has 1 heterocycles. The monoisotopic (exact) mass is 343 g/mol. The molecule has 0 atom stereocenters. The van der Waals surface area contributed by atoms with Crippen molar-refractivity contribution in [1.82, 2.24) is 0 Å². The summed E-state index contributed by atoms with van der Waals surface area (Å²) in [5.41, 5.74) is 5.72. The van der Waals surface area contributed by atoms with Crippen LogP contribution in [0.25, 0.3) is 0 Å². The van der Waals surface area contributed by atoms with Crippen molar-refractivity contribution in [2.24, 2.45) is 4.99 Å². The van der Waals surface area contributed by atoms with Gasteiger partial charge in [0.05, 0.1) is 11.3 Å². The highest BCUT2D eigenvalue weighted by Gasteiger charge is 2.42. The van der Waals surface area contributed by atoms with Crippen molar-refractivity contribution in [3.8, 4) is 0 Å². The minimum absolute atomic E-state index is 0.102. The van der Waals surface area contributed by atoms with E-state index < -0.39 is 0 Å². The summed E-state index contributed by atoms with van der Waals surface area (Å²) in [4.78, 5) is 18.6. The van der Waals surface area contributed by atoms with E-state index >= 15 is 0 Å². The predicted molar refractivity (Wildman–Crippen MR) is 107 cm³/mol. The van der Waals surface area contributed by atoms with Crippen LogP contribution in [0, 0.1) is 6.92 Å². The molecule has 132 valence electrons. The maximum Gasteiger partial charge on any atom is 0.195 e. The van der Waals surface area contributed by atoms with E-state index in [-0.39, 0.29) is 11.3 Å². The van der Waals surface area contributed by atoms with Gasteiger partial charge in [0.25, 0.3) is 0 Å². The zero-order valence-electron chi connectivity index (χ0n) is 15.6. The number of carbonyl (C=O) groups is 1. The first-order chi connectivity index (χ1) is 12.6. The summed E-state index contributed by atoms with van der Waals surface area (Å²) >= 11 is 0. The van der Waals surface area contributed by atoms with Crippen molar-refractivity contribution < 1.29 is 4.79 Å². The number of rotatable bonds is 3. The van der Waals surface area contributed by atoms with E-state index in [0.29, 0.717) is 0 Å². The summed E-state index contributed by atoms with van der Waals surface area (Å²) in [6, 6.07) is 18.0. The van der Waals surface area contributed by atoms with Crippen LogP contribution in [0.4, 0.5) is 0 Å². The molecule has 0 aromatic heterocycles. The number of nitrogens with zero attached hydrogens (tertiary/aromatic N) is 1. The second-order valence-corrected chi connectivity index (χ2v) is 7.61. The Kier molecular flexibility index (Phi) is 4.36. The lowest BCUT2D eigenvalue weighted by atomic mass is 9.76. The van der Waals surface area contributed by atoms with Gasteiger partial charge in [-0.25, -0.2) is 0 Å². The third-order valence-corrected chi connectivity index (χ3v) is 5.90. The number of carbonyl (C=O) groups excluding carboxylic acids is 1. The fourth-order valence-corrected chi connectivity index (χ4v) is 4.32. The topological polar surface area (TPSA) is 29.4 Å². The van der Waals surface area contributed by atoms with Crippen molar-refractivity contribution in [1.29, 1.82) is 0 Å². The number of hydrogen-bond donors (Lipinski definition) is 0. The molecule has 1 fully saturated rings. The lowest BCUT2D eigenvalue weighted by molar-refractivity contribution is 0.103. The van der Waals surface area contributed by atoms with E-state index in [9.17, 15) is 4.79 Å². The van der Waals surface area contributed by atoms with E-state index in [1.54, 1.807) is 0 Å². The lowest BCUT2D eigenvalue weighted by Gasteiger charge is -2.32. The van der Waals surface area contributed by atoms with Crippen molar-refractivity contribution in [2.45, 2.75) is 51.5 Å². The van der Waals surface area contributed by atoms with Crippen molar-refractivity contribution >= 4 is 11.5 Å². The summed E-state index contributed by atoms with van der Waals surface area (Å²) in [6.07, 6.45) is 5.76. The number of aliphatic imine (C=N–C) groups is 1. The van der Waals surface area contributed by atoms with Gasteiger partial charge in [0.2, 0.25) is 0 Å². The van der Waals surface area contributed by atoms with Gasteiger partial charge in [-0.3, -0.25) is 9.79 Å². The first kappa shape index (κ1) is 17.0. The lowest BCUT2D eigenvalue weighted by Crippen LogP contribution is -2.29. The third-order valence-electron chi connectivity index (χ3n) is 5.90. The zero-order valence-corrected chi connectivity index (χ0v) is 15.6. The van der Waals surface area contributed by atoms with Gasteiger partial charge in [-0.15, -0.1) is 0 Å². The second-order valence-electron chi connectivity index (χ2n) is 7.61. The van der Waals surface area contributed by atoms with Crippen LogP contribution in [-0.2, 0) is 0 Å². The van der Waals surface area contributed by atoms with Crippen LogP contribution >= 0.6 is 0 Å². The summed E-state index contributed by atoms with van der Waals surface area (Å²) in [6.45, 7) is 4.21. The first-order valence-electron chi connectivity index (χ1n) is 9.59. The molecular formula is C24H25NO. The maximum atomic E-state index is 13.4. The SMILES string of the molecule is CC1=C(C(=O)c2ccccc2)C(c2ccc(C)cc2)=NC12CCCCC2. The van der Waals surface area contributed by atoms with E-state index in [0.717, 1.165) is 35.3 Å².